The minimum absolute atomic E-state index is 0. The molecule has 0 aliphatic carbocycles. The summed E-state index contributed by atoms with van der Waals surface area (Å²) < 4.78 is 0. The molecule has 2 N–H and O–H groups in total. The van der Waals surface area contributed by atoms with Gasteiger partial charge in [0, 0.05) is 31.2 Å². The van der Waals surface area contributed by atoms with E-state index in [1.807, 2.05) is 13.8 Å². The van der Waals surface area contributed by atoms with E-state index in [2.05, 4.69) is 0 Å². The summed E-state index contributed by atoms with van der Waals surface area (Å²) in [6.07, 6.45) is 0. The topological polar surface area (TPSA) is 66.6 Å². The second-order valence-electron chi connectivity index (χ2n) is 6.01. The molecule has 1 fully saturated rings. The molecule has 1 saturated heterocycles. The molecular formula is C16H22Cl3N3O2. The Morgan fingerprint density at radius 1 is 1.08 bits per heavy atom. The summed E-state index contributed by atoms with van der Waals surface area (Å²) in [6, 6.07) is 4.32. The second kappa shape index (κ2) is 8.90. The molecule has 2 amide bonds. The highest BCUT2D eigenvalue weighted by Crippen LogP contribution is 2.23. The average Bonchev–Trinajstić information content (AvgIpc) is 2.53. The number of piperazine rings is 1. The van der Waals surface area contributed by atoms with Crippen LogP contribution in [0.15, 0.2) is 18.2 Å². The van der Waals surface area contributed by atoms with E-state index in [1.165, 1.54) is 0 Å². The first-order valence-electron chi connectivity index (χ1n) is 7.60. The third-order valence-corrected chi connectivity index (χ3v) is 4.59. The first-order valence-corrected chi connectivity index (χ1v) is 8.35. The molecule has 2 rings (SSSR count). The Hall–Kier alpha value is -1.01. The molecule has 1 aromatic carbocycles. The lowest BCUT2D eigenvalue weighted by atomic mass is 10.0. The van der Waals surface area contributed by atoms with Crippen molar-refractivity contribution in [2.24, 2.45) is 11.7 Å². The van der Waals surface area contributed by atoms with Crippen LogP contribution < -0.4 is 5.73 Å². The number of benzene rings is 1. The van der Waals surface area contributed by atoms with E-state index >= 15 is 0 Å². The number of nitrogens with zero attached hydrogens (tertiary/aromatic N) is 2. The van der Waals surface area contributed by atoms with Gasteiger partial charge in [-0.3, -0.25) is 9.59 Å². The average molecular weight is 395 g/mol. The number of halogens is 3. The standard InChI is InChI=1S/C16H21Cl2N3O2.ClH/c1-10(2)14(19)16(23)21-7-5-20(6-8-21)15(22)12-4-3-11(17)9-13(12)18;/h3-4,9-10,14H,5-8,19H2,1-2H3;1H/t14-;/m0./s1. The SMILES string of the molecule is CC(C)[C@H](N)C(=O)N1CCN(C(=O)c2ccc(Cl)cc2Cl)CC1.Cl. The highest BCUT2D eigenvalue weighted by Gasteiger charge is 2.29. The van der Waals surface area contributed by atoms with Gasteiger partial charge in [-0.25, -0.2) is 0 Å². The summed E-state index contributed by atoms with van der Waals surface area (Å²) >= 11 is 11.9. The highest BCUT2D eigenvalue weighted by molar-refractivity contribution is 6.36. The van der Waals surface area contributed by atoms with E-state index < -0.39 is 6.04 Å². The number of amides is 2. The van der Waals surface area contributed by atoms with Crippen molar-refractivity contribution in [3.05, 3.63) is 33.8 Å². The van der Waals surface area contributed by atoms with E-state index in [0.717, 1.165) is 0 Å². The van der Waals surface area contributed by atoms with Gasteiger partial charge in [-0.15, -0.1) is 12.4 Å². The first-order chi connectivity index (χ1) is 10.8. The van der Waals surface area contributed by atoms with Crippen molar-refractivity contribution in [3.63, 3.8) is 0 Å². The van der Waals surface area contributed by atoms with Gasteiger partial charge in [0.2, 0.25) is 5.91 Å². The number of nitrogens with two attached hydrogens (primary N) is 1. The molecule has 5 nitrogen and oxygen atoms in total. The van der Waals surface area contributed by atoms with Crippen molar-refractivity contribution in [1.82, 2.24) is 9.80 Å². The second-order valence-corrected chi connectivity index (χ2v) is 6.86. The molecule has 0 spiro atoms. The summed E-state index contributed by atoms with van der Waals surface area (Å²) in [4.78, 5) is 28.2. The summed E-state index contributed by atoms with van der Waals surface area (Å²) in [5.41, 5.74) is 6.33. The van der Waals surface area contributed by atoms with Crippen LogP contribution in [-0.2, 0) is 4.79 Å². The minimum Gasteiger partial charge on any atom is -0.338 e. The molecule has 1 aliphatic rings. The number of carbonyl (C=O) groups excluding carboxylic acids is 2. The molecule has 24 heavy (non-hydrogen) atoms. The van der Waals surface area contributed by atoms with E-state index in [-0.39, 0.29) is 30.1 Å². The van der Waals surface area contributed by atoms with Gasteiger partial charge >= 0.3 is 0 Å². The summed E-state index contributed by atoms with van der Waals surface area (Å²) in [5.74, 6) is -0.112. The number of rotatable bonds is 3. The quantitative estimate of drug-likeness (QED) is 0.857. The molecule has 8 heteroatoms. The van der Waals surface area contributed by atoms with Gasteiger partial charge in [0.15, 0.2) is 0 Å². The van der Waals surface area contributed by atoms with E-state index in [9.17, 15) is 9.59 Å². The lowest BCUT2D eigenvalue weighted by Gasteiger charge is -2.36. The van der Waals surface area contributed by atoms with Crippen molar-refractivity contribution in [1.29, 1.82) is 0 Å². The van der Waals surface area contributed by atoms with E-state index in [1.54, 1.807) is 28.0 Å². The lowest BCUT2D eigenvalue weighted by Crippen LogP contribution is -2.55. The molecule has 1 atom stereocenters. The van der Waals surface area contributed by atoms with Gasteiger partial charge in [-0.1, -0.05) is 37.0 Å². The number of carbonyl (C=O) groups is 2. The number of hydrogen-bond donors (Lipinski definition) is 1. The van der Waals surface area contributed by atoms with E-state index in [4.69, 9.17) is 28.9 Å². The largest absolute Gasteiger partial charge is 0.338 e. The van der Waals surface area contributed by atoms with Crippen LogP contribution in [0.1, 0.15) is 24.2 Å². The number of hydrogen-bond acceptors (Lipinski definition) is 3. The van der Waals surface area contributed by atoms with Gasteiger partial charge < -0.3 is 15.5 Å². The van der Waals surface area contributed by atoms with Gasteiger partial charge in [-0.05, 0) is 24.1 Å². The minimum atomic E-state index is -0.497. The molecule has 0 aromatic heterocycles. The monoisotopic (exact) mass is 393 g/mol. The molecule has 0 saturated carbocycles. The van der Waals surface area contributed by atoms with Crippen LogP contribution in [0.25, 0.3) is 0 Å². The van der Waals surface area contributed by atoms with Crippen molar-refractivity contribution >= 4 is 47.4 Å². The highest BCUT2D eigenvalue weighted by atomic mass is 35.5. The van der Waals surface area contributed by atoms with Crippen LogP contribution >= 0.6 is 35.6 Å². The van der Waals surface area contributed by atoms with Crippen molar-refractivity contribution < 1.29 is 9.59 Å². The molecule has 1 aromatic rings. The Kier molecular flexibility index (Phi) is 7.80. The lowest BCUT2D eigenvalue weighted by molar-refractivity contribution is -0.135. The van der Waals surface area contributed by atoms with Crippen LogP contribution in [0.2, 0.25) is 10.0 Å². The van der Waals surface area contributed by atoms with Crippen molar-refractivity contribution in [2.75, 3.05) is 26.2 Å². The Balaban J connectivity index is 0.00000288. The van der Waals surface area contributed by atoms with Crippen LogP contribution in [0.3, 0.4) is 0 Å². The third kappa shape index (κ3) is 4.76. The molecule has 1 heterocycles. The maximum atomic E-state index is 12.5. The Morgan fingerprint density at radius 2 is 1.62 bits per heavy atom. The molecule has 0 bridgehead atoms. The van der Waals surface area contributed by atoms with Gasteiger partial charge in [0.05, 0.1) is 16.6 Å². The van der Waals surface area contributed by atoms with Gasteiger partial charge in [0.1, 0.15) is 0 Å². The van der Waals surface area contributed by atoms with Gasteiger partial charge in [-0.2, -0.15) is 0 Å². The van der Waals surface area contributed by atoms with Crippen LogP contribution in [0.4, 0.5) is 0 Å². The zero-order valence-electron chi connectivity index (χ0n) is 13.7. The summed E-state index contributed by atoms with van der Waals surface area (Å²) in [5, 5.41) is 0.826. The van der Waals surface area contributed by atoms with Crippen molar-refractivity contribution in [2.45, 2.75) is 19.9 Å². The summed E-state index contributed by atoms with van der Waals surface area (Å²) in [6.45, 7) is 5.74. The van der Waals surface area contributed by atoms with E-state index in [0.29, 0.717) is 41.8 Å². The van der Waals surface area contributed by atoms with Crippen LogP contribution in [0, 0.1) is 5.92 Å². The zero-order chi connectivity index (χ0) is 17.1. The maximum Gasteiger partial charge on any atom is 0.255 e. The molecular weight excluding hydrogens is 373 g/mol. The molecule has 0 radical (unpaired) electrons. The van der Waals surface area contributed by atoms with Crippen LogP contribution in [-0.4, -0.2) is 53.8 Å². The first kappa shape index (κ1) is 21.0. The fraction of sp³-hybridized carbons (Fsp3) is 0.500. The predicted octanol–water partition coefficient (Wildman–Crippen LogP) is 2.68. The fourth-order valence-corrected chi connectivity index (χ4v) is 2.95. The summed E-state index contributed by atoms with van der Waals surface area (Å²) in [7, 11) is 0. The molecule has 134 valence electrons. The van der Waals surface area contributed by atoms with Gasteiger partial charge in [0.25, 0.3) is 5.91 Å². The fourth-order valence-electron chi connectivity index (χ4n) is 2.46. The Morgan fingerprint density at radius 3 is 2.12 bits per heavy atom. The Labute approximate surface area is 158 Å². The third-order valence-electron chi connectivity index (χ3n) is 4.04. The van der Waals surface area contributed by atoms with Crippen molar-refractivity contribution in [3.8, 4) is 0 Å². The molecule has 0 unspecified atom stereocenters. The normalized spacial score (nSPS) is 15.9. The molecule has 1 aliphatic heterocycles. The Bertz CT molecular complexity index is 602. The zero-order valence-corrected chi connectivity index (χ0v) is 16.0. The predicted molar refractivity (Wildman–Crippen MR) is 99.0 cm³/mol. The smallest absolute Gasteiger partial charge is 0.255 e. The van der Waals surface area contributed by atoms with Crippen LogP contribution in [0.5, 0.6) is 0 Å². The maximum absolute atomic E-state index is 12.5.